The molecule has 0 bridgehead atoms. The van der Waals surface area contributed by atoms with Gasteiger partial charge in [-0.3, -0.25) is 0 Å². The van der Waals surface area contributed by atoms with Gasteiger partial charge >= 0.3 is 7.12 Å². The first-order chi connectivity index (χ1) is 9.27. The maximum atomic E-state index is 8.57. The molecule has 0 atom stereocenters. The Morgan fingerprint density at radius 1 is 1.25 bits per heavy atom. The summed E-state index contributed by atoms with van der Waals surface area (Å²) in [6.45, 7) is 7.95. The Morgan fingerprint density at radius 3 is 2.40 bits per heavy atom. The maximum Gasteiger partial charge on any atom is 0.494 e. The molecule has 1 saturated heterocycles. The third-order valence-corrected chi connectivity index (χ3v) is 3.86. The minimum absolute atomic E-state index is 0.0446. The summed E-state index contributed by atoms with van der Waals surface area (Å²) in [5.74, 6) is 0.471. The van der Waals surface area contributed by atoms with Crippen LogP contribution in [0.1, 0.15) is 27.7 Å². The molecule has 0 amide bonds. The number of nitrogens with zero attached hydrogens (tertiary/aromatic N) is 1. The minimum Gasteiger partial charge on any atom is -0.477 e. The van der Waals surface area contributed by atoms with Gasteiger partial charge in [0, 0.05) is 0 Å². The molecule has 2 rings (SSSR count). The van der Waals surface area contributed by atoms with Gasteiger partial charge in [-0.15, -0.1) is 0 Å². The Labute approximate surface area is 119 Å². The average molecular weight is 274 g/mol. The average Bonchev–Trinajstić information content (AvgIpc) is 2.57. The van der Waals surface area contributed by atoms with E-state index in [1.165, 1.54) is 0 Å². The van der Waals surface area contributed by atoms with E-state index in [1.807, 2.05) is 39.8 Å². The van der Waals surface area contributed by atoms with Gasteiger partial charge in [-0.25, -0.2) is 0 Å². The topological polar surface area (TPSA) is 77.5 Å². The zero-order valence-corrected chi connectivity index (χ0v) is 12.3. The van der Waals surface area contributed by atoms with E-state index in [9.17, 15) is 0 Å². The number of rotatable bonds is 3. The maximum absolute atomic E-state index is 8.57. The smallest absolute Gasteiger partial charge is 0.477 e. The molecule has 1 aromatic rings. The number of benzene rings is 1. The quantitative estimate of drug-likeness (QED) is 0.667. The molecule has 1 fully saturated rings. The number of nitrogens with two attached hydrogens (primary N) is 1. The van der Waals surface area contributed by atoms with Gasteiger partial charge in [0.1, 0.15) is 11.8 Å². The van der Waals surface area contributed by atoms with Crippen molar-refractivity contribution in [2.24, 2.45) is 0 Å². The van der Waals surface area contributed by atoms with E-state index >= 15 is 0 Å². The third kappa shape index (κ3) is 2.60. The Hall–Kier alpha value is -1.71. The summed E-state index contributed by atoms with van der Waals surface area (Å²) < 4.78 is 17.2. The van der Waals surface area contributed by atoms with Crippen molar-refractivity contribution in [2.45, 2.75) is 38.9 Å². The highest BCUT2D eigenvalue weighted by Gasteiger charge is 2.51. The van der Waals surface area contributed by atoms with E-state index in [-0.39, 0.29) is 6.61 Å². The highest BCUT2D eigenvalue weighted by Crippen LogP contribution is 2.36. The second-order valence-electron chi connectivity index (χ2n) is 5.83. The van der Waals surface area contributed by atoms with Crippen LogP contribution in [0.15, 0.2) is 18.2 Å². The second-order valence-corrected chi connectivity index (χ2v) is 5.83. The van der Waals surface area contributed by atoms with Crippen molar-refractivity contribution in [1.29, 1.82) is 5.26 Å². The molecule has 1 aliphatic heterocycles. The van der Waals surface area contributed by atoms with E-state index in [4.69, 9.17) is 25.0 Å². The van der Waals surface area contributed by atoms with Crippen LogP contribution in [0.3, 0.4) is 0 Å². The zero-order valence-electron chi connectivity index (χ0n) is 12.3. The summed E-state index contributed by atoms with van der Waals surface area (Å²) in [5, 5.41) is 8.57. The van der Waals surface area contributed by atoms with Crippen LogP contribution in [0.25, 0.3) is 0 Å². The van der Waals surface area contributed by atoms with Gasteiger partial charge in [0.05, 0.1) is 16.9 Å². The van der Waals surface area contributed by atoms with Gasteiger partial charge in [0.15, 0.2) is 6.61 Å². The van der Waals surface area contributed by atoms with Crippen LogP contribution in [-0.2, 0) is 9.31 Å². The van der Waals surface area contributed by atoms with E-state index in [1.54, 1.807) is 12.1 Å². The Kier molecular flexibility index (Phi) is 3.68. The first-order valence-electron chi connectivity index (χ1n) is 6.51. The molecule has 1 heterocycles. The lowest BCUT2D eigenvalue weighted by atomic mass is 9.79. The first kappa shape index (κ1) is 14.7. The van der Waals surface area contributed by atoms with Crippen LogP contribution >= 0.6 is 0 Å². The summed E-state index contributed by atoms with van der Waals surface area (Å²) in [6, 6.07) is 7.25. The molecular weight excluding hydrogens is 255 g/mol. The van der Waals surface area contributed by atoms with E-state index in [0.29, 0.717) is 11.4 Å². The van der Waals surface area contributed by atoms with Crippen LogP contribution in [0, 0.1) is 11.3 Å². The fraction of sp³-hybridized carbons (Fsp3) is 0.500. The van der Waals surface area contributed by atoms with Gasteiger partial charge in [-0.1, -0.05) is 6.07 Å². The SMILES string of the molecule is CC1(C)OB(c2ccc(N)c(OCC#N)c2)OC1(C)C. The predicted octanol–water partition coefficient (Wildman–Crippen LogP) is 1.47. The van der Waals surface area contributed by atoms with Crippen LogP contribution in [0.5, 0.6) is 5.75 Å². The largest absolute Gasteiger partial charge is 0.494 e. The molecule has 106 valence electrons. The zero-order chi connectivity index (χ0) is 15.0. The number of hydrogen-bond donors (Lipinski definition) is 1. The van der Waals surface area contributed by atoms with Crippen molar-refractivity contribution in [2.75, 3.05) is 12.3 Å². The highest BCUT2D eigenvalue weighted by atomic mass is 16.7. The van der Waals surface area contributed by atoms with Crippen LogP contribution < -0.4 is 15.9 Å². The summed E-state index contributed by atoms with van der Waals surface area (Å²) in [6.07, 6.45) is 0. The summed E-state index contributed by atoms with van der Waals surface area (Å²) in [4.78, 5) is 0. The summed E-state index contributed by atoms with van der Waals surface area (Å²) in [5.41, 5.74) is 6.34. The molecule has 0 spiro atoms. The fourth-order valence-electron chi connectivity index (χ4n) is 1.91. The molecule has 0 unspecified atom stereocenters. The van der Waals surface area contributed by atoms with Gasteiger partial charge < -0.3 is 19.8 Å². The highest BCUT2D eigenvalue weighted by molar-refractivity contribution is 6.62. The molecule has 0 radical (unpaired) electrons. The molecule has 0 aliphatic carbocycles. The number of nitrogen functional groups attached to an aromatic ring is 1. The molecule has 0 saturated carbocycles. The van der Waals surface area contributed by atoms with Gasteiger partial charge in [0.2, 0.25) is 0 Å². The van der Waals surface area contributed by atoms with Gasteiger partial charge in [-0.2, -0.15) is 5.26 Å². The fourth-order valence-corrected chi connectivity index (χ4v) is 1.91. The number of hydrogen-bond acceptors (Lipinski definition) is 5. The third-order valence-electron chi connectivity index (χ3n) is 3.86. The van der Waals surface area contributed by atoms with Crippen molar-refractivity contribution < 1.29 is 14.0 Å². The number of ether oxygens (including phenoxy) is 1. The first-order valence-corrected chi connectivity index (χ1v) is 6.51. The Morgan fingerprint density at radius 2 is 1.85 bits per heavy atom. The van der Waals surface area contributed by atoms with E-state index in [2.05, 4.69) is 0 Å². The van der Waals surface area contributed by atoms with E-state index < -0.39 is 18.3 Å². The number of anilines is 1. The lowest BCUT2D eigenvalue weighted by Gasteiger charge is -2.32. The normalized spacial score (nSPS) is 19.6. The van der Waals surface area contributed by atoms with Crippen LogP contribution in [0.2, 0.25) is 0 Å². The van der Waals surface area contributed by atoms with Crippen LogP contribution in [-0.4, -0.2) is 24.9 Å². The summed E-state index contributed by atoms with van der Waals surface area (Å²) >= 11 is 0. The summed E-state index contributed by atoms with van der Waals surface area (Å²) in [7, 11) is -0.468. The Bertz CT molecular complexity index is 536. The number of nitriles is 1. The lowest BCUT2D eigenvalue weighted by Crippen LogP contribution is -2.41. The van der Waals surface area contributed by atoms with Crippen molar-refractivity contribution in [3.05, 3.63) is 18.2 Å². The molecule has 2 N–H and O–H groups in total. The molecule has 0 aromatic heterocycles. The van der Waals surface area contributed by atoms with Crippen molar-refractivity contribution in [3.8, 4) is 11.8 Å². The predicted molar refractivity (Wildman–Crippen MR) is 77.7 cm³/mol. The monoisotopic (exact) mass is 274 g/mol. The standard InChI is InChI=1S/C14H19BN2O3/c1-13(2)14(3,4)20-15(19-13)10-5-6-11(17)12(9-10)18-8-7-16/h5-6,9H,8,17H2,1-4H3. The molecule has 1 aromatic carbocycles. The van der Waals surface area contributed by atoms with E-state index in [0.717, 1.165) is 5.46 Å². The van der Waals surface area contributed by atoms with Crippen molar-refractivity contribution in [3.63, 3.8) is 0 Å². The molecule has 20 heavy (non-hydrogen) atoms. The van der Waals surface area contributed by atoms with Gasteiger partial charge in [0.25, 0.3) is 0 Å². The molecule has 6 heteroatoms. The lowest BCUT2D eigenvalue weighted by molar-refractivity contribution is 0.00578. The Balaban J connectivity index is 2.25. The molecule has 5 nitrogen and oxygen atoms in total. The second kappa shape index (κ2) is 5.00. The van der Waals surface area contributed by atoms with Gasteiger partial charge in [-0.05, 0) is 45.3 Å². The molecule has 1 aliphatic rings. The molecular formula is C14H19BN2O3. The van der Waals surface area contributed by atoms with Crippen molar-refractivity contribution >= 4 is 18.3 Å². The van der Waals surface area contributed by atoms with Crippen LogP contribution in [0.4, 0.5) is 5.69 Å². The van der Waals surface area contributed by atoms with Crippen molar-refractivity contribution in [1.82, 2.24) is 0 Å². The minimum atomic E-state index is -0.468.